The standard InChI is InChI=1S/C49H64N6O15/c1-53(26-14-8-5-11-23-50-45(60)68-39-20-17-36(32-56)29-42(39)65-2)48(63)55(28-16-10-7-13-25-52-47(62)70-41-22-19-38(34-58)31-44(41)67-4)49(64)54(35-59)27-15-9-6-12-24-51-46(61)69-40-21-18-37(33-57)30-43(40)66-3/h17-22,29-35H,5-16,23-28H2,1-4H3,(H,50,60)(H,51,61)(H,52,62). The van der Waals surface area contributed by atoms with Crippen LogP contribution in [0.5, 0.6) is 34.5 Å². The number of carbonyl (C=O) groups excluding carboxylic acids is 9. The molecular weight excluding hydrogens is 913 g/mol. The van der Waals surface area contributed by atoms with E-state index in [1.165, 1.54) is 80.8 Å². The highest BCUT2D eigenvalue weighted by Gasteiger charge is 2.28. The van der Waals surface area contributed by atoms with Crippen molar-refractivity contribution in [3.63, 3.8) is 0 Å². The minimum atomic E-state index is -0.746. The number of nitrogens with one attached hydrogen (secondary N) is 3. The molecule has 0 unspecified atom stereocenters. The zero-order chi connectivity index (χ0) is 51.1. The molecule has 0 heterocycles. The molecule has 3 aromatic carbocycles. The lowest BCUT2D eigenvalue weighted by atomic mass is 10.2. The number of amides is 8. The van der Waals surface area contributed by atoms with Gasteiger partial charge in [-0.2, -0.15) is 0 Å². The summed E-state index contributed by atoms with van der Waals surface area (Å²) in [6, 6.07) is 11.9. The fraction of sp³-hybridized carbons (Fsp3) is 0.449. The van der Waals surface area contributed by atoms with Crippen LogP contribution in [0.2, 0.25) is 0 Å². The number of nitrogens with zero attached hydrogens (tertiary/aromatic N) is 3. The molecule has 3 rings (SSSR count). The van der Waals surface area contributed by atoms with E-state index in [9.17, 15) is 43.2 Å². The fourth-order valence-corrected chi connectivity index (χ4v) is 6.76. The number of ether oxygens (including phenoxy) is 6. The van der Waals surface area contributed by atoms with Gasteiger partial charge in [0, 0.05) is 63.0 Å². The maximum atomic E-state index is 13.8. The van der Waals surface area contributed by atoms with Gasteiger partial charge >= 0.3 is 30.3 Å². The quantitative estimate of drug-likeness (QED) is 0.0419. The van der Waals surface area contributed by atoms with Crippen molar-refractivity contribution >= 4 is 55.6 Å². The Bertz CT molecular complexity index is 2210. The average molecular weight is 977 g/mol. The molecule has 0 fully saturated rings. The molecule has 0 atom stereocenters. The second-order valence-electron chi connectivity index (χ2n) is 15.7. The van der Waals surface area contributed by atoms with Gasteiger partial charge in [-0.05, 0) is 93.1 Å². The Balaban J connectivity index is 1.46. The largest absolute Gasteiger partial charge is 0.493 e. The van der Waals surface area contributed by atoms with Crippen molar-refractivity contribution in [2.24, 2.45) is 0 Å². The van der Waals surface area contributed by atoms with Gasteiger partial charge in [-0.15, -0.1) is 0 Å². The van der Waals surface area contributed by atoms with Crippen molar-refractivity contribution in [2.45, 2.75) is 77.0 Å². The summed E-state index contributed by atoms with van der Waals surface area (Å²) in [6.45, 7) is 1.36. The monoisotopic (exact) mass is 976 g/mol. The number of rotatable bonds is 31. The molecule has 3 N–H and O–H groups in total. The second-order valence-corrected chi connectivity index (χ2v) is 15.7. The molecule has 0 saturated heterocycles. The molecule has 3 aromatic rings. The third-order valence-corrected chi connectivity index (χ3v) is 10.6. The maximum Gasteiger partial charge on any atom is 0.412 e. The molecule has 8 amide bonds. The summed E-state index contributed by atoms with van der Waals surface area (Å²) >= 11 is 0. The number of urea groups is 2. The van der Waals surface area contributed by atoms with Gasteiger partial charge in [0.2, 0.25) is 6.41 Å². The Hall–Kier alpha value is -7.71. The Morgan fingerprint density at radius 2 is 0.786 bits per heavy atom. The lowest BCUT2D eigenvalue weighted by Crippen LogP contribution is -2.51. The van der Waals surface area contributed by atoms with Crippen LogP contribution in [0.4, 0.5) is 24.0 Å². The van der Waals surface area contributed by atoms with Crippen molar-refractivity contribution in [3.05, 3.63) is 71.3 Å². The molecular formula is C49H64N6O15. The van der Waals surface area contributed by atoms with Gasteiger partial charge in [-0.3, -0.25) is 24.1 Å². The van der Waals surface area contributed by atoms with Crippen LogP contribution in [-0.2, 0) is 4.79 Å². The number of aldehydes is 3. The molecule has 0 radical (unpaired) electrons. The topological polar surface area (TPSA) is 255 Å². The molecule has 0 saturated carbocycles. The zero-order valence-electron chi connectivity index (χ0n) is 40.2. The fourth-order valence-electron chi connectivity index (χ4n) is 6.76. The van der Waals surface area contributed by atoms with Crippen LogP contribution in [0.1, 0.15) is 108 Å². The third kappa shape index (κ3) is 19.9. The van der Waals surface area contributed by atoms with Crippen LogP contribution in [0.3, 0.4) is 0 Å². The number of methoxy groups -OCH3 is 3. The molecule has 0 aliphatic rings. The number of unbranched alkanes of at least 4 members (excludes halogenated alkanes) is 9. The van der Waals surface area contributed by atoms with E-state index < -0.39 is 30.3 Å². The van der Waals surface area contributed by atoms with Crippen LogP contribution < -0.4 is 44.4 Å². The molecule has 0 aliphatic heterocycles. The Kier molecular flexibility index (Phi) is 26.0. The van der Waals surface area contributed by atoms with E-state index in [-0.39, 0.29) is 54.1 Å². The molecule has 21 heteroatoms. The van der Waals surface area contributed by atoms with E-state index in [1.807, 2.05) is 0 Å². The van der Waals surface area contributed by atoms with Crippen LogP contribution in [0.25, 0.3) is 0 Å². The van der Waals surface area contributed by atoms with E-state index in [1.54, 1.807) is 7.05 Å². The zero-order valence-corrected chi connectivity index (χ0v) is 40.2. The van der Waals surface area contributed by atoms with Gasteiger partial charge in [0.05, 0.1) is 21.3 Å². The van der Waals surface area contributed by atoms with Crippen molar-refractivity contribution < 1.29 is 71.6 Å². The normalized spacial score (nSPS) is 10.4. The predicted octanol–water partition coefficient (Wildman–Crippen LogP) is 7.43. The van der Waals surface area contributed by atoms with Crippen LogP contribution in [0.15, 0.2) is 54.6 Å². The molecule has 0 spiro atoms. The number of hydrogen-bond acceptors (Lipinski definition) is 15. The van der Waals surface area contributed by atoms with E-state index in [4.69, 9.17) is 28.4 Å². The maximum absolute atomic E-state index is 13.8. The van der Waals surface area contributed by atoms with E-state index in [0.717, 1.165) is 16.2 Å². The lowest BCUT2D eigenvalue weighted by molar-refractivity contribution is -0.116. The number of hydrogen-bond donors (Lipinski definition) is 3. The molecule has 0 aliphatic carbocycles. The average Bonchev–Trinajstić information content (AvgIpc) is 3.37. The lowest BCUT2D eigenvalue weighted by Gasteiger charge is -2.30. The molecule has 21 nitrogen and oxygen atoms in total. The highest BCUT2D eigenvalue weighted by atomic mass is 16.6. The van der Waals surface area contributed by atoms with Gasteiger partial charge in [0.15, 0.2) is 34.5 Å². The van der Waals surface area contributed by atoms with E-state index in [0.29, 0.717) is 132 Å². The van der Waals surface area contributed by atoms with Crippen LogP contribution >= 0.6 is 0 Å². The Morgan fingerprint density at radius 3 is 1.13 bits per heavy atom. The smallest absolute Gasteiger partial charge is 0.412 e. The first-order chi connectivity index (χ1) is 33.9. The van der Waals surface area contributed by atoms with Crippen molar-refractivity contribution in [2.75, 3.05) is 67.6 Å². The van der Waals surface area contributed by atoms with Crippen LogP contribution in [0, 0.1) is 0 Å². The third-order valence-electron chi connectivity index (χ3n) is 10.6. The summed E-state index contributed by atoms with van der Waals surface area (Å²) in [7, 11) is 5.77. The second kappa shape index (κ2) is 32.1. The number of imide groups is 2. The van der Waals surface area contributed by atoms with Crippen molar-refractivity contribution in [1.82, 2.24) is 30.7 Å². The minimum Gasteiger partial charge on any atom is -0.493 e. The van der Waals surface area contributed by atoms with Gasteiger partial charge < -0.3 is 49.3 Å². The SMILES string of the molecule is COc1cc(C=O)ccc1OC(=O)NCCCCCCN(C)C(=O)N(CCCCCCNC(=O)Oc1ccc(C=O)cc1OC)C(=O)N(C=O)CCCCCCNC(=O)Oc1ccc(C=O)cc1OC. The van der Waals surface area contributed by atoms with E-state index >= 15 is 0 Å². The molecule has 380 valence electrons. The summed E-state index contributed by atoms with van der Waals surface area (Å²) in [4.78, 5) is 113. The van der Waals surface area contributed by atoms with Gasteiger partial charge in [-0.1, -0.05) is 38.5 Å². The van der Waals surface area contributed by atoms with Gasteiger partial charge in [0.25, 0.3) is 0 Å². The summed E-state index contributed by atoms with van der Waals surface area (Å²) < 4.78 is 31.5. The van der Waals surface area contributed by atoms with Crippen LogP contribution in [-0.4, -0.2) is 138 Å². The van der Waals surface area contributed by atoms with E-state index in [2.05, 4.69) is 16.0 Å². The Morgan fingerprint density at radius 1 is 0.443 bits per heavy atom. The summed E-state index contributed by atoms with van der Waals surface area (Å²) in [5.74, 6) is 1.19. The first-order valence-electron chi connectivity index (χ1n) is 23.0. The van der Waals surface area contributed by atoms with Crippen molar-refractivity contribution in [1.29, 1.82) is 0 Å². The highest BCUT2D eigenvalue weighted by molar-refractivity contribution is 5.97. The van der Waals surface area contributed by atoms with Crippen molar-refractivity contribution in [3.8, 4) is 34.5 Å². The first kappa shape index (κ1) is 56.6. The Labute approximate surface area is 407 Å². The molecule has 0 bridgehead atoms. The predicted molar refractivity (Wildman–Crippen MR) is 256 cm³/mol. The summed E-state index contributed by atoms with van der Waals surface area (Å²) in [5.41, 5.74) is 1.11. The first-order valence-corrected chi connectivity index (χ1v) is 23.0. The van der Waals surface area contributed by atoms with Gasteiger partial charge in [0.1, 0.15) is 18.9 Å². The summed E-state index contributed by atoms with van der Waals surface area (Å²) in [5, 5.41) is 8.00. The minimum absolute atomic E-state index is 0.0438. The van der Waals surface area contributed by atoms with Gasteiger partial charge in [-0.25, -0.2) is 28.9 Å². The number of benzene rings is 3. The molecule has 0 aromatic heterocycles. The highest BCUT2D eigenvalue weighted by Crippen LogP contribution is 2.29. The molecule has 70 heavy (non-hydrogen) atoms. The summed E-state index contributed by atoms with van der Waals surface area (Å²) in [6.07, 6.45) is 7.53. The number of carbonyl (C=O) groups is 9.